The van der Waals surface area contributed by atoms with Crippen LogP contribution in [0.5, 0.6) is 34.5 Å². The van der Waals surface area contributed by atoms with Crippen molar-refractivity contribution in [1.29, 1.82) is 0 Å². The molecule has 0 saturated heterocycles. The minimum absolute atomic E-state index is 0.147. The van der Waals surface area contributed by atoms with Crippen LogP contribution >= 0.6 is 0 Å². The molecular formula is C38H18F8O6. The Morgan fingerprint density at radius 3 is 1.00 bits per heavy atom. The van der Waals surface area contributed by atoms with Crippen LogP contribution < -0.4 is 18.9 Å². The van der Waals surface area contributed by atoms with Crippen molar-refractivity contribution in [1.82, 2.24) is 0 Å². The number of carbonyl (C=O) groups is 2. The Balaban J connectivity index is 1.29. The van der Waals surface area contributed by atoms with Gasteiger partial charge in [0, 0.05) is 12.1 Å². The van der Waals surface area contributed by atoms with Crippen molar-refractivity contribution in [3.8, 4) is 45.6 Å². The van der Waals surface area contributed by atoms with E-state index in [1.165, 1.54) is 48.5 Å². The molecule has 6 nitrogen and oxygen atoms in total. The summed E-state index contributed by atoms with van der Waals surface area (Å²) in [6.07, 6.45) is 0. The van der Waals surface area contributed by atoms with Crippen LogP contribution in [0.2, 0.25) is 0 Å². The third kappa shape index (κ3) is 6.99. The zero-order valence-electron chi connectivity index (χ0n) is 25.9. The Kier molecular flexibility index (Phi) is 9.90. The molecule has 0 N–H and O–H groups in total. The van der Waals surface area contributed by atoms with Gasteiger partial charge in [-0.15, -0.1) is 0 Å². The maximum atomic E-state index is 15.3. The summed E-state index contributed by atoms with van der Waals surface area (Å²) in [7, 11) is 0. The molecule has 0 aromatic heterocycles. The zero-order chi connectivity index (χ0) is 37.1. The van der Waals surface area contributed by atoms with Gasteiger partial charge in [-0.2, -0.15) is 17.6 Å². The highest BCUT2D eigenvalue weighted by atomic mass is 19.2. The van der Waals surface area contributed by atoms with Gasteiger partial charge < -0.3 is 18.9 Å². The van der Waals surface area contributed by atoms with Crippen LogP contribution in [0.15, 0.2) is 109 Å². The van der Waals surface area contributed by atoms with Gasteiger partial charge in [0.15, 0.2) is 23.3 Å². The van der Waals surface area contributed by atoms with E-state index < -0.39 is 92.6 Å². The van der Waals surface area contributed by atoms with E-state index in [-0.39, 0.29) is 22.6 Å². The van der Waals surface area contributed by atoms with E-state index in [2.05, 4.69) is 0 Å². The molecule has 0 atom stereocenters. The average molecular weight is 723 g/mol. The van der Waals surface area contributed by atoms with Gasteiger partial charge in [0.25, 0.3) is 0 Å². The van der Waals surface area contributed by atoms with E-state index in [1.54, 1.807) is 36.4 Å². The zero-order valence-corrected chi connectivity index (χ0v) is 25.9. The van der Waals surface area contributed by atoms with Crippen molar-refractivity contribution in [3.63, 3.8) is 0 Å². The molecule has 14 heteroatoms. The first-order chi connectivity index (χ1) is 24.9. The van der Waals surface area contributed by atoms with Crippen LogP contribution in [0.3, 0.4) is 0 Å². The van der Waals surface area contributed by atoms with E-state index in [0.717, 1.165) is 24.3 Å². The lowest BCUT2D eigenvalue weighted by molar-refractivity contribution is 0.0725. The average Bonchev–Trinajstić information content (AvgIpc) is 3.16. The van der Waals surface area contributed by atoms with Crippen LogP contribution in [-0.4, -0.2) is 11.9 Å². The van der Waals surface area contributed by atoms with Gasteiger partial charge in [0.1, 0.15) is 23.0 Å². The van der Waals surface area contributed by atoms with Crippen LogP contribution in [0.1, 0.15) is 20.7 Å². The summed E-state index contributed by atoms with van der Waals surface area (Å²) in [4.78, 5) is 24.7. The molecule has 0 fully saturated rings. The van der Waals surface area contributed by atoms with Crippen molar-refractivity contribution in [2.24, 2.45) is 0 Å². The van der Waals surface area contributed by atoms with Crippen molar-refractivity contribution in [2.75, 3.05) is 0 Å². The molecular weight excluding hydrogens is 704 g/mol. The van der Waals surface area contributed by atoms with Gasteiger partial charge in [-0.25, -0.2) is 27.2 Å². The lowest BCUT2D eigenvalue weighted by atomic mass is 10.0. The van der Waals surface area contributed by atoms with Crippen molar-refractivity contribution in [2.45, 2.75) is 0 Å². The monoisotopic (exact) mass is 722 g/mol. The summed E-state index contributed by atoms with van der Waals surface area (Å²) in [5.74, 6) is -25.8. The summed E-state index contributed by atoms with van der Waals surface area (Å²) in [5, 5.41) is 0. The first-order valence-corrected chi connectivity index (χ1v) is 14.8. The smallest absolute Gasteiger partial charge is 0.343 e. The van der Waals surface area contributed by atoms with Crippen molar-refractivity contribution < 1.29 is 63.7 Å². The summed E-state index contributed by atoms with van der Waals surface area (Å²) < 4.78 is 142. The molecule has 0 amide bonds. The molecule has 6 aromatic carbocycles. The number of halogens is 8. The molecule has 0 radical (unpaired) electrons. The predicted molar refractivity (Wildman–Crippen MR) is 167 cm³/mol. The quantitative estimate of drug-likeness (QED) is 0.0641. The highest BCUT2D eigenvalue weighted by Crippen LogP contribution is 2.43. The largest absolute Gasteiger partial charge is 0.451 e. The first kappa shape index (κ1) is 35.1. The van der Waals surface area contributed by atoms with Crippen LogP contribution in [-0.2, 0) is 0 Å². The van der Waals surface area contributed by atoms with E-state index in [4.69, 9.17) is 18.9 Å². The fourth-order valence-electron chi connectivity index (χ4n) is 4.76. The second-order valence-electron chi connectivity index (χ2n) is 10.6. The Morgan fingerprint density at radius 2 is 0.673 bits per heavy atom. The maximum absolute atomic E-state index is 15.3. The molecule has 0 unspecified atom stereocenters. The summed E-state index contributed by atoms with van der Waals surface area (Å²) >= 11 is 0. The van der Waals surface area contributed by atoms with E-state index in [9.17, 15) is 9.59 Å². The summed E-state index contributed by atoms with van der Waals surface area (Å²) in [5.41, 5.74) is -3.98. The molecule has 52 heavy (non-hydrogen) atoms. The molecule has 0 bridgehead atoms. The molecule has 0 heterocycles. The third-order valence-corrected chi connectivity index (χ3v) is 7.19. The SMILES string of the molecule is O=C(Oc1cccc(Oc2c(F)c(F)c(-c3c(F)c(F)c(Oc4cccc(OC(=O)c5ccccc5)c4)c(F)c3F)c(F)c2F)c1)c1ccccc1. The molecule has 0 aliphatic rings. The minimum atomic E-state index is -2.47. The van der Waals surface area contributed by atoms with Crippen LogP contribution in [0.25, 0.3) is 11.1 Å². The molecule has 0 spiro atoms. The van der Waals surface area contributed by atoms with Crippen molar-refractivity contribution >= 4 is 11.9 Å². The lowest BCUT2D eigenvalue weighted by Crippen LogP contribution is -2.10. The van der Waals surface area contributed by atoms with Gasteiger partial charge in [-0.05, 0) is 48.5 Å². The first-order valence-electron chi connectivity index (χ1n) is 14.8. The van der Waals surface area contributed by atoms with E-state index in [0.29, 0.717) is 0 Å². The number of rotatable bonds is 9. The Hall–Kier alpha value is -6.70. The van der Waals surface area contributed by atoms with E-state index in [1.807, 2.05) is 0 Å². The van der Waals surface area contributed by atoms with Gasteiger partial charge in [0.2, 0.25) is 34.8 Å². The number of hydrogen-bond acceptors (Lipinski definition) is 6. The van der Waals surface area contributed by atoms with E-state index >= 15 is 35.1 Å². The highest BCUT2D eigenvalue weighted by Gasteiger charge is 2.36. The normalized spacial score (nSPS) is 10.8. The Bertz CT molecular complexity index is 2110. The minimum Gasteiger partial charge on any atom is -0.451 e. The molecule has 0 aliphatic carbocycles. The standard InChI is InChI=1S/C38H18F8O6/c39-27-25(28(40)32(44)35(31(27)43)49-21-13-7-15-23(17-21)51-37(47)19-9-3-1-4-10-19)26-29(41)33(45)36(34(46)30(26)42)50-22-14-8-16-24(18-22)52-38(48)20-11-5-2-6-12-20/h1-18H. The van der Waals surface area contributed by atoms with Gasteiger partial charge >= 0.3 is 11.9 Å². The number of ether oxygens (including phenoxy) is 4. The fourth-order valence-corrected chi connectivity index (χ4v) is 4.76. The summed E-state index contributed by atoms with van der Waals surface area (Å²) in [6, 6.07) is 24.2. The van der Waals surface area contributed by atoms with Gasteiger partial charge in [0.05, 0.1) is 22.3 Å². The predicted octanol–water partition coefficient (Wildman–Crippen LogP) is 10.5. The topological polar surface area (TPSA) is 71.1 Å². The molecule has 262 valence electrons. The van der Waals surface area contributed by atoms with Crippen LogP contribution in [0.4, 0.5) is 35.1 Å². The Labute approximate surface area is 288 Å². The fraction of sp³-hybridized carbons (Fsp3) is 0. The number of carbonyl (C=O) groups excluding carboxylic acids is 2. The third-order valence-electron chi connectivity index (χ3n) is 7.19. The molecule has 6 rings (SSSR count). The van der Waals surface area contributed by atoms with Gasteiger partial charge in [-0.3, -0.25) is 0 Å². The van der Waals surface area contributed by atoms with Crippen molar-refractivity contribution in [3.05, 3.63) is 167 Å². The molecule has 0 aliphatic heterocycles. The molecule has 6 aromatic rings. The number of esters is 2. The Morgan fingerprint density at radius 1 is 0.365 bits per heavy atom. The maximum Gasteiger partial charge on any atom is 0.343 e. The number of benzene rings is 6. The van der Waals surface area contributed by atoms with Crippen LogP contribution in [0, 0.1) is 46.5 Å². The highest BCUT2D eigenvalue weighted by molar-refractivity contribution is 5.91. The molecule has 0 saturated carbocycles. The second-order valence-corrected chi connectivity index (χ2v) is 10.6. The number of hydrogen-bond donors (Lipinski definition) is 0. The second kappa shape index (κ2) is 14.6. The summed E-state index contributed by atoms with van der Waals surface area (Å²) in [6.45, 7) is 0. The lowest BCUT2D eigenvalue weighted by Gasteiger charge is -2.16. The van der Waals surface area contributed by atoms with Gasteiger partial charge in [-0.1, -0.05) is 48.5 Å².